The third-order valence-electron chi connectivity index (χ3n) is 3.99. The van der Waals surface area contributed by atoms with E-state index in [1.165, 1.54) is 12.2 Å². The number of ketones is 3. The van der Waals surface area contributed by atoms with Crippen molar-refractivity contribution in [3.8, 4) is 0 Å². The largest absolute Gasteiger partial charge is 0.388 e. The average molecular weight is 301 g/mol. The molecule has 0 saturated heterocycles. The van der Waals surface area contributed by atoms with E-state index in [1.54, 1.807) is 13.0 Å². The molecule has 4 nitrogen and oxygen atoms in total. The highest BCUT2D eigenvalue weighted by molar-refractivity contribution is 6.19. The molecular formula is C18H23NO3. The van der Waals surface area contributed by atoms with E-state index in [9.17, 15) is 14.4 Å². The van der Waals surface area contributed by atoms with Crippen LogP contribution in [0.15, 0.2) is 35.1 Å². The first-order valence-corrected chi connectivity index (χ1v) is 7.72. The molecule has 4 heteroatoms. The number of hydrogen-bond acceptors (Lipinski definition) is 4. The molecule has 22 heavy (non-hydrogen) atoms. The van der Waals surface area contributed by atoms with Crippen LogP contribution in [0.5, 0.6) is 0 Å². The summed E-state index contributed by atoms with van der Waals surface area (Å²) in [6.07, 6.45) is 7.33. The molecule has 0 aromatic rings. The Hall–Kier alpha value is -1.97. The lowest BCUT2D eigenvalue weighted by molar-refractivity contribution is -0.117. The van der Waals surface area contributed by atoms with Crippen molar-refractivity contribution in [2.75, 3.05) is 6.54 Å². The summed E-state index contributed by atoms with van der Waals surface area (Å²) in [4.78, 5) is 35.0. The molecule has 0 aliphatic heterocycles. The molecule has 0 aromatic carbocycles. The average Bonchev–Trinajstić information content (AvgIpc) is 2.38. The minimum atomic E-state index is -0.0788. The fourth-order valence-corrected chi connectivity index (χ4v) is 2.89. The molecule has 118 valence electrons. The zero-order valence-corrected chi connectivity index (χ0v) is 13.5. The Bertz CT molecular complexity index is 606. The summed E-state index contributed by atoms with van der Waals surface area (Å²) >= 11 is 0. The lowest BCUT2D eigenvalue weighted by Gasteiger charge is -2.29. The van der Waals surface area contributed by atoms with Crippen molar-refractivity contribution in [2.45, 2.75) is 46.5 Å². The van der Waals surface area contributed by atoms with E-state index in [0.29, 0.717) is 30.5 Å². The second-order valence-corrected chi connectivity index (χ2v) is 6.91. The number of rotatable bonds is 5. The maximum Gasteiger partial charge on any atom is 0.182 e. The van der Waals surface area contributed by atoms with Gasteiger partial charge in [0, 0.05) is 35.9 Å². The van der Waals surface area contributed by atoms with Crippen LogP contribution in [0.4, 0.5) is 0 Å². The van der Waals surface area contributed by atoms with Gasteiger partial charge in [0.25, 0.3) is 0 Å². The fraction of sp³-hybridized carbons (Fsp3) is 0.500. The molecule has 2 aliphatic rings. The molecule has 0 unspecified atom stereocenters. The third-order valence-corrected chi connectivity index (χ3v) is 3.99. The lowest BCUT2D eigenvalue weighted by Crippen LogP contribution is -2.28. The van der Waals surface area contributed by atoms with Gasteiger partial charge in [-0.15, -0.1) is 0 Å². The number of hydrogen-bond donors (Lipinski definition) is 1. The van der Waals surface area contributed by atoms with Gasteiger partial charge in [0.15, 0.2) is 17.3 Å². The SMILES string of the molecule is CC1=CC(=O)C(CCCNC2=CC(=O)CC(C)(C)C2)=CC1=O. The lowest BCUT2D eigenvalue weighted by atomic mass is 9.79. The topological polar surface area (TPSA) is 63.2 Å². The van der Waals surface area contributed by atoms with E-state index < -0.39 is 0 Å². The first-order chi connectivity index (χ1) is 10.3. The molecule has 2 rings (SSSR count). The van der Waals surface area contributed by atoms with E-state index in [2.05, 4.69) is 19.2 Å². The van der Waals surface area contributed by atoms with Gasteiger partial charge in [0.1, 0.15) is 0 Å². The second-order valence-electron chi connectivity index (χ2n) is 6.91. The smallest absolute Gasteiger partial charge is 0.182 e. The Kier molecular flexibility index (Phi) is 4.79. The van der Waals surface area contributed by atoms with Crippen molar-refractivity contribution >= 4 is 17.3 Å². The molecule has 0 fully saturated rings. The van der Waals surface area contributed by atoms with Crippen LogP contribution in [0.1, 0.15) is 46.5 Å². The fourth-order valence-electron chi connectivity index (χ4n) is 2.89. The molecule has 0 spiro atoms. The Balaban J connectivity index is 1.81. The first-order valence-electron chi connectivity index (χ1n) is 7.72. The predicted octanol–water partition coefficient (Wildman–Crippen LogP) is 2.65. The molecular weight excluding hydrogens is 278 g/mol. The normalized spacial score (nSPS) is 21.2. The Labute approximate surface area is 131 Å². The molecule has 0 atom stereocenters. The number of nitrogens with one attached hydrogen (secondary N) is 1. The maximum atomic E-state index is 11.8. The summed E-state index contributed by atoms with van der Waals surface area (Å²) in [6.45, 7) is 6.52. The minimum absolute atomic E-state index is 0.00473. The van der Waals surface area contributed by atoms with Crippen LogP contribution in [0.25, 0.3) is 0 Å². The van der Waals surface area contributed by atoms with Gasteiger partial charge in [-0.25, -0.2) is 0 Å². The molecule has 1 N–H and O–H groups in total. The third kappa shape index (κ3) is 4.26. The highest BCUT2D eigenvalue weighted by atomic mass is 16.1. The van der Waals surface area contributed by atoms with Crippen LogP contribution in [-0.2, 0) is 14.4 Å². The first kappa shape index (κ1) is 16.4. The Morgan fingerprint density at radius 2 is 1.77 bits per heavy atom. The monoisotopic (exact) mass is 301 g/mol. The van der Waals surface area contributed by atoms with Crippen molar-refractivity contribution in [1.29, 1.82) is 0 Å². The number of allylic oxidation sites excluding steroid dienone is 6. The van der Waals surface area contributed by atoms with Gasteiger partial charge in [0.05, 0.1) is 0 Å². The van der Waals surface area contributed by atoms with Crippen molar-refractivity contribution in [1.82, 2.24) is 5.32 Å². The molecule has 0 radical (unpaired) electrons. The minimum Gasteiger partial charge on any atom is -0.388 e. The van der Waals surface area contributed by atoms with Crippen LogP contribution in [0.2, 0.25) is 0 Å². The Morgan fingerprint density at radius 1 is 1.05 bits per heavy atom. The van der Waals surface area contributed by atoms with Crippen LogP contribution in [0.3, 0.4) is 0 Å². The van der Waals surface area contributed by atoms with E-state index in [1.807, 2.05) is 0 Å². The molecule has 0 aromatic heterocycles. The highest BCUT2D eigenvalue weighted by Gasteiger charge is 2.27. The summed E-state index contributed by atoms with van der Waals surface area (Å²) in [5, 5.41) is 3.28. The molecule has 0 bridgehead atoms. The van der Waals surface area contributed by atoms with Crippen LogP contribution in [-0.4, -0.2) is 23.9 Å². The van der Waals surface area contributed by atoms with E-state index >= 15 is 0 Å². The molecule has 2 aliphatic carbocycles. The summed E-state index contributed by atoms with van der Waals surface area (Å²) < 4.78 is 0. The van der Waals surface area contributed by atoms with Gasteiger partial charge in [-0.05, 0) is 43.8 Å². The second kappa shape index (κ2) is 6.42. The van der Waals surface area contributed by atoms with Gasteiger partial charge >= 0.3 is 0 Å². The van der Waals surface area contributed by atoms with Crippen LogP contribution < -0.4 is 5.32 Å². The number of carbonyl (C=O) groups is 3. The quantitative estimate of drug-likeness (QED) is 0.626. The van der Waals surface area contributed by atoms with E-state index in [4.69, 9.17) is 0 Å². The number of carbonyl (C=O) groups excluding carboxylic acids is 3. The van der Waals surface area contributed by atoms with Crippen molar-refractivity contribution in [3.05, 3.63) is 35.1 Å². The van der Waals surface area contributed by atoms with Crippen molar-refractivity contribution in [2.24, 2.45) is 5.41 Å². The van der Waals surface area contributed by atoms with Gasteiger partial charge in [0.2, 0.25) is 0 Å². The van der Waals surface area contributed by atoms with Crippen molar-refractivity contribution < 1.29 is 14.4 Å². The predicted molar refractivity (Wildman–Crippen MR) is 85.2 cm³/mol. The molecule has 0 heterocycles. The van der Waals surface area contributed by atoms with Gasteiger partial charge in [-0.2, -0.15) is 0 Å². The standard InChI is InChI=1S/C18H23NO3/c1-12-7-17(22)13(8-16(12)21)5-4-6-19-14-9-15(20)11-18(2,3)10-14/h7-9,19H,4-6,10-11H2,1-3H3. The van der Waals surface area contributed by atoms with Crippen LogP contribution >= 0.6 is 0 Å². The van der Waals surface area contributed by atoms with Gasteiger partial charge in [-0.1, -0.05) is 13.8 Å². The highest BCUT2D eigenvalue weighted by Crippen LogP contribution is 2.32. The summed E-state index contributed by atoms with van der Waals surface area (Å²) in [7, 11) is 0. The maximum absolute atomic E-state index is 11.8. The summed E-state index contributed by atoms with van der Waals surface area (Å²) in [6, 6.07) is 0. The van der Waals surface area contributed by atoms with Crippen LogP contribution in [0, 0.1) is 5.41 Å². The van der Waals surface area contributed by atoms with Gasteiger partial charge < -0.3 is 5.32 Å². The Morgan fingerprint density at radius 3 is 2.45 bits per heavy atom. The molecule has 0 amide bonds. The zero-order valence-electron chi connectivity index (χ0n) is 13.5. The summed E-state index contributed by atoms with van der Waals surface area (Å²) in [5.74, 6) is 0.0188. The van der Waals surface area contributed by atoms with Crippen molar-refractivity contribution in [3.63, 3.8) is 0 Å². The van der Waals surface area contributed by atoms with E-state index in [0.717, 1.165) is 18.5 Å². The summed E-state index contributed by atoms with van der Waals surface area (Å²) in [5.41, 5.74) is 2.05. The van der Waals surface area contributed by atoms with E-state index in [-0.39, 0.29) is 22.8 Å². The zero-order chi connectivity index (χ0) is 16.3. The molecule has 0 saturated carbocycles. The van der Waals surface area contributed by atoms with Gasteiger partial charge in [-0.3, -0.25) is 14.4 Å².